The molecule has 0 bridgehead atoms. The highest BCUT2D eigenvalue weighted by atomic mass is 16.5. The highest BCUT2D eigenvalue weighted by Gasteiger charge is 2.13. The molecule has 2 aromatic carbocycles. The summed E-state index contributed by atoms with van der Waals surface area (Å²) in [6, 6.07) is 12.4. The van der Waals surface area contributed by atoms with Gasteiger partial charge < -0.3 is 24.4 Å². The quantitative estimate of drug-likeness (QED) is 0.739. The first-order valence-corrected chi connectivity index (χ1v) is 8.54. The van der Waals surface area contributed by atoms with E-state index in [1.54, 1.807) is 21.3 Å². The Bertz CT molecular complexity index is 642. The third kappa shape index (κ3) is 4.50. The molecule has 0 aliphatic rings. The highest BCUT2D eigenvalue weighted by molar-refractivity contribution is 5.57. The van der Waals surface area contributed by atoms with Crippen molar-refractivity contribution in [3.05, 3.63) is 42.0 Å². The molecule has 0 aromatic heterocycles. The Labute approximate surface area is 150 Å². The van der Waals surface area contributed by atoms with Crippen LogP contribution in [0.3, 0.4) is 0 Å². The average Bonchev–Trinajstić information content (AvgIpc) is 2.67. The van der Waals surface area contributed by atoms with Crippen molar-refractivity contribution in [3.63, 3.8) is 0 Å². The first kappa shape index (κ1) is 18.8. The first-order valence-electron chi connectivity index (χ1n) is 8.54. The second-order valence-corrected chi connectivity index (χ2v) is 5.61. The van der Waals surface area contributed by atoms with Crippen LogP contribution in [-0.4, -0.2) is 34.4 Å². The summed E-state index contributed by atoms with van der Waals surface area (Å²) in [6.07, 6.45) is 0. The van der Waals surface area contributed by atoms with Crippen LogP contribution < -0.4 is 24.4 Å². The minimum absolute atomic E-state index is 0.609. The van der Waals surface area contributed by atoms with Crippen LogP contribution >= 0.6 is 0 Å². The fourth-order valence-corrected chi connectivity index (χ4v) is 2.82. The van der Waals surface area contributed by atoms with Gasteiger partial charge in [0.05, 0.1) is 21.3 Å². The second kappa shape index (κ2) is 9.06. The van der Waals surface area contributed by atoms with Gasteiger partial charge in [-0.1, -0.05) is 0 Å². The Kier molecular flexibility index (Phi) is 6.81. The lowest BCUT2D eigenvalue weighted by molar-refractivity contribution is 0.324. The van der Waals surface area contributed by atoms with Crippen LogP contribution in [0.2, 0.25) is 0 Å². The zero-order valence-corrected chi connectivity index (χ0v) is 15.8. The van der Waals surface area contributed by atoms with Crippen molar-refractivity contribution in [1.82, 2.24) is 0 Å². The molecule has 0 saturated heterocycles. The van der Waals surface area contributed by atoms with Gasteiger partial charge in [-0.15, -0.1) is 0 Å². The molecule has 0 atom stereocenters. The lowest BCUT2D eigenvalue weighted by Crippen LogP contribution is -2.21. The number of nitrogens with zero attached hydrogens (tertiary/aromatic N) is 1. The summed E-state index contributed by atoms with van der Waals surface area (Å²) in [7, 11) is 4.86. The van der Waals surface area contributed by atoms with Crippen LogP contribution in [0.15, 0.2) is 36.4 Å². The van der Waals surface area contributed by atoms with Crippen LogP contribution in [0.4, 0.5) is 11.4 Å². The van der Waals surface area contributed by atoms with Gasteiger partial charge in [-0.25, -0.2) is 0 Å². The number of hydrogen-bond donors (Lipinski definition) is 1. The summed E-state index contributed by atoms with van der Waals surface area (Å²) < 4.78 is 16.2. The topological polar surface area (TPSA) is 43.0 Å². The van der Waals surface area contributed by atoms with Gasteiger partial charge in [-0.3, -0.25) is 0 Å². The van der Waals surface area contributed by atoms with Gasteiger partial charge in [-0.2, -0.15) is 0 Å². The van der Waals surface area contributed by atoms with E-state index >= 15 is 0 Å². The first-order chi connectivity index (χ1) is 12.2. The molecule has 0 radical (unpaired) electrons. The van der Waals surface area contributed by atoms with Crippen molar-refractivity contribution in [2.45, 2.75) is 20.4 Å². The van der Waals surface area contributed by atoms with E-state index in [1.807, 2.05) is 12.1 Å². The van der Waals surface area contributed by atoms with Crippen LogP contribution in [0.1, 0.15) is 19.4 Å². The lowest BCUT2D eigenvalue weighted by Gasteiger charge is -2.21. The normalized spacial score (nSPS) is 10.3. The predicted octanol–water partition coefficient (Wildman–Crippen LogP) is 4.17. The maximum absolute atomic E-state index is 5.40. The molecule has 0 aliphatic heterocycles. The van der Waals surface area contributed by atoms with E-state index in [1.165, 1.54) is 5.69 Å². The molecule has 0 spiro atoms. The summed E-state index contributed by atoms with van der Waals surface area (Å²) in [5.74, 6) is 1.93. The maximum Gasteiger partial charge on any atom is 0.203 e. The van der Waals surface area contributed by atoms with Crippen molar-refractivity contribution in [3.8, 4) is 17.2 Å². The van der Waals surface area contributed by atoms with E-state index in [0.717, 1.165) is 24.3 Å². The minimum atomic E-state index is 0.609. The Morgan fingerprint density at radius 3 is 1.84 bits per heavy atom. The van der Waals surface area contributed by atoms with Crippen molar-refractivity contribution < 1.29 is 14.2 Å². The third-order valence-electron chi connectivity index (χ3n) is 4.22. The Balaban J connectivity index is 2.10. The number of anilines is 2. The molecule has 25 heavy (non-hydrogen) atoms. The van der Waals surface area contributed by atoms with Gasteiger partial charge in [0.25, 0.3) is 0 Å². The van der Waals surface area contributed by atoms with Gasteiger partial charge in [-0.05, 0) is 55.8 Å². The predicted molar refractivity (Wildman–Crippen MR) is 103 cm³/mol. The van der Waals surface area contributed by atoms with Gasteiger partial charge >= 0.3 is 0 Å². The number of methoxy groups -OCH3 is 3. The molecule has 136 valence electrons. The fourth-order valence-electron chi connectivity index (χ4n) is 2.82. The number of hydrogen-bond acceptors (Lipinski definition) is 5. The number of rotatable bonds is 9. The summed E-state index contributed by atoms with van der Waals surface area (Å²) in [4.78, 5) is 2.32. The van der Waals surface area contributed by atoms with Crippen LogP contribution in [0.5, 0.6) is 17.2 Å². The maximum atomic E-state index is 5.40. The van der Waals surface area contributed by atoms with Crippen LogP contribution in [-0.2, 0) is 6.54 Å². The average molecular weight is 344 g/mol. The number of ether oxygens (including phenoxy) is 3. The zero-order chi connectivity index (χ0) is 18.2. The standard InChI is InChI=1S/C20H28N2O3/c1-6-22(7-2)17-10-8-16(9-11-17)21-14-15-12-18(23-3)20(25-5)19(13-15)24-4/h8-13,21H,6-7,14H2,1-5H3. The van der Waals surface area contributed by atoms with Crippen molar-refractivity contribution in [1.29, 1.82) is 0 Å². The molecule has 0 heterocycles. The molecule has 2 rings (SSSR count). The number of nitrogens with one attached hydrogen (secondary N) is 1. The fraction of sp³-hybridized carbons (Fsp3) is 0.400. The third-order valence-corrected chi connectivity index (χ3v) is 4.22. The molecule has 5 nitrogen and oxygen atoms in total. The monoisotopic (exact) mass is 344 g/mol. The lowest BCUT2D eigenvalue weighted by atomic mass is 10.1. The van der Waals surface area contributed by atoms with Crippen LogP contribution in [0.25, 0.3) is 0 Å². The van der Waals surface area contributed by atoms with Gasteiger partial charge in [0.2, 0.25) is 5.75 Å². The zero-order valence-electron chi connectivity index (χ0n) is 15.8. The van der Waals surface area contributed by atoms with Gasteiger partial charge in [0.1, 0.15) is 0 Å². The van der Waals surface area contributed by atoms with E-state index in [4.69, 9.17) is 14.2 Å². The van der Waals surface area contributed by atoms with E-state index in [9.17, 15) is 0 Å². The van der Waals surface area contributed by atoms with Gasteiger partial charge in [0, 0.05) is 31.0 Å². The minimum Gasteiger partial charge on any atom is -0.493 e. The van der Waals surface area contributed by atoms with E-state index in [2.05, 4.69) is 48.3 Å². The van der Waals surface area contributed by atoms with Crippen LogP contribution in [0, 0.1) is 0 Å². The Morgan fingerprint density at radius 1 is 0.840 bits per heavy atom. The largest absolute Gasteiger partial charge is 0.493 e. The smallest absolute Gasteiger partial charge is 0.203 e. The molecule has 5 heteroatoms. The molecule has 0 amide bonds. The van der Waals surface area contributed by atoms with E-state index in [0.29, 0.717) is 23.8 Å². The van der Waals surface area contributed by atoms with Gasteiger partial charge in [0.15, 0.2) is 11.5 Å². The molecule has 0 aliphatic carbocycles. The summed E-state index contributed by atoms with van der Waals surface area (Å²) in [5.41, 5.74) is 3.37. The molecule has 0 saturated carbocycles. The second-order valence-electron chi connectivity index (χ2n) is 5.61. The summed E-state index contributed by atoms with van der Waals surface area (Å²) in [5, 5.41) is 3.43. The Hall–Kier alpha value is -2.56. The molecular weight excluding hydrogens is 316 g/mol. The summed E-state index contributed by atoms with van der Waals surface area (Å²) in [6.45, 7) is 7.02. The SMILES string of the molecule is CCN(CC)c1ccc(NCc2cc(OC)c(OC)c(OC)c2)cc1. The summed E-state index contributed by atoms with van der Waals surface area (Å²) >= 11 is 0. The molecule has 1 N–H and O–H groups in total. The van der Waals surface area contributed by atoms with Crippen molar-refractivity contribution in [2.24, 2.45) is 0 Å². The van der Waals surface area contributed by atoms with E-state index in [-0.39, 0.29) is 0 Å². The molecule has 2 aromatic rings. The van der Waals surface area contributed by atoms with Crippen molar-refractivity contribution >= 4 is 11.4 Å². The molecular formula is C20H28N2O3. The molecule has 0 unspecified atom stereocenters. The highest BCUT2D eigenvalue weighted by Crippen LogP contribution is 2.38. The molecule has 0 fully saturated rings. The Morgan fingerprint density at radius 2 is 1.40 bits per heavy atom. The van der Waals surface area contributed by atoms with Crippen molar-refractivity contribution in [2.75, 3.05) is 44.6 Å². The number of benzene rings is 2. The van der Waals surface area contributed by atoms with E-state index < -0.39 is 0 Å².